The second-order valence-corrected chi connectivity index (χ2v) is 5.79. The lowest BCUT2D eigenvalue weighted by atomic mass is 10.2. The van der Waals surface area contributed by atoms with E-state index in [0.717, 1.165) is 26.7 Å². The SMILES string of the molecule is Cc1cc(Br)ccc1Oc1ccc(CBr)cc1Cl. The van der Waals surface area contributed by atoms with Crippen LogP contribution < -0.4 is 4.74 Å². The van der Waals surface area contributed by atoms with Crippen LogP contribution in [0.4, 0.5) is 0 Å². The lowest BCUT2D eigenvalue weighted by Gasteiger charge is -2.11. The highest BCUT2D eigenvalue weighted by atomic mass is 79.9. The Kier molecular flexibility index (Phi) is 4.71. The van der Waals surface area contributed by atoms with E-state index in [-0.39, 0.29) is 0 Å². The summed E-state index contributed by atoms with van der Waals surface area (Å²) in [5, 5.41) is 1.40. The highest BCUT2D eigenvalue weighted by Gasteiger charge is 2.06. The van der Waals surface area contributed by atoms with Gasteiger partial charge in [0.25, 0.3) is 0 Å². The van der Waals surface area contributed by atoms with Crippen LogP contribution in [0.5, 0.6) is 11.5 Å². The molecule has 0 atom stereocenters. The van der Waals surface area contributed by atoms with Crippen molar-refractivity contribution in [2.24, 2.45) is 0 Å². The topological polar surface area (TPSA) is 9.23 Å². The minimum Gasteiger partial charge on any atom is -0.456 e. The highest BCUT2D eigenvalue weighted by Crippen LogP contribution is 2.33. The molecule has 0 unspecified atom stereocenters. The lowest BCUT2D eigenvalue weighted by Crippen LogP contribution is -1.89. The molecule has 0 aliphatic heterocycles. The first-order chi connectivity index (χ1) is 8.60. The van der Waals surface area contributed by atoms with Crippen LogP contribution in [-0.2, 0) is 5.33 Å². The normalized spacial score (nSPS) is 10.4. The van der Waals surface area contributed by atoms with Gasteiger partial charge in [0.1, 0.15) is 11.5 Å². The summed E-state index contributed by atoms with van der Waals surface area (Å²) in [6, 6.07) is 11.7. The molecule has 18 heavy (non-hydrogen) atoms. The van der Waals surface area contributed by atoms with E-state index in [2.05, 4.69) is 31.9 Å². The van der Waals surface area contributed by atoms with Crippen LogP contribution in [-0.4, -0.2) is 0 Å². The monoisotopic (exact) mass is 388 g/mol. The highest BCUT2D eigenvalue weighted by molar-refractivity contribution is 9.10. The molecule has 0 radical (unpaired) electrons. The fraction of sp³-hybridized carbons (Fsp3) is 0.143. The molecular formula is C14H11Br2ClO. The molecule has 0 fully saturated rings. The summed E-state index contributed by atoms with van der Waals surface area (Å²) in [6.45, 7) is 2.00. The Morgan fingerprint density at radius 1 is 1.11 bits per heavy atom. The molecule has 0 bridgehead atoms. The third-order valence-electron chi connectivity index (χ3n) is 2.51. The van der Waals surface area contributed by atoms with Crippen molar-refractivity contribution in [2.45, 2.75) is 12.3 Å². The van der Waals surface area contributed by atoms with E-state index in [0.29, 0.717) is 10.8 Å². The average Bonchev–Trinajstić information content (AvgIpc) is 2.34. The van der Waals surface area contributed by atoms with Gasteiger partial charge >= 0.3 is 0 Å². The third-order valence-corrected chi connectivity index (χ3v) is 3.94. The summed E-state index contributed by atoms with van der Waals surface area (Å²) >= 11 is 13.0. The first kappa shape index (κ1) is 13.9. The first-order valence-corrected chi connectivity index (χ1v) is 7.68. The maximum atomic E-state index is 6.19. The van der Waals surface area contributed by atoms with Crippen LogP contribution in [0, 0.1) is 6.92 Å². The molecule has 0 aromatic heterocycles. The van der Waals surface area contributed by atoms with Gasteiger partial charge in [-0.2, -0.15) is 0 Å². The van der Waals surface area contributed by atoms with Gasteiger partial charge in [0.2, 0.25) is 0 Å². The van der Waals surface area contributed by atoms with Crippen LogP contribution in [0.3, 0.4) is 0 Å². The number of halogens is 3. The summed E-state index contributed by atoms with van der Waals surface area (Å²) in [4.78, 5) is 0. The fourth-order valence-electron chi connectivity index (χ4n) is 1.56. The zero-order chi connectivity index (χ0) is 13.1. The number of aryl methyl sites for hydroxylation is 1. The molecule has 0 aliphatic carbocycles. The fourth-order valence-corrected chi connectivity index (χ4v) is 2.62. The van der Waals surface area contributed by atoms with Gasteiger partial charge in [0, 0.05) is 9.80 Å². The second-order valence-electron chi connectivity index (χ2n) is 3.91. The van der Waals surface area contributed by atoms with Crippen molar-refractivity contribution >= 4 is 43.5 Å². The van der Waals surface area contributed by atoms with Gasteiger partial charge in [-0.05, 0) is 48.4 Å². The molecule has 0 N–H and O–H groups in total. The van der Waals surface area contributed by atoms with E-state index >= 15 is 0 Å². The van der Waals surface area contributed by atoms with Crippen molar-refractivity contribution in [2.75, 3.05) is 0 Å². The summed E-state index contributed by atoms with van der Waals surface area (Å²) in [6.07, 6.45) is 0. The second kappa shape index (κ2) is 6.09. The maximum absolute atomic E-state index is 6.19. The summed E-state index contributed by atoms with van der Waals surface area (Å²) in [7, 11) is 0. The average molecular weight is 391 g/mol. The number of ether oxygens (including phenoxy) is 1. The van der Waals surface area contributed by atoms with Crippen LogP contribution in [0.15, 0.2) is 40.9 Å². The molecule has 2 aromatic rings. The Bertz CT molecular complexity index is 570. The summed E-state index contributed by atoms with van der Waals surface area (Å²) in [5.74, 6) is 1.48. The van der Waals surface area contributed by atoms with Gasteiger partial charge in [-0.1, -0.05) is 49.5 Å². The molecule has 0 aliphatic rings. The molecular weight excluding hydrogens is 379 g/mol. The van der Waals surface area contributed by atoms with E-state index in [4.69, 9.17) is 16.3 Å². The van der Waals surface area contributed by atoms with Gasteiger partial charge in [-0.25, -0.2) is 0 Å². The molecule has 0 heterocycles. The number of alkyl halides is 1. The molecule has 4 heteroatoms. The van der Waals surface area contributed by atoms with Gasteiger partial charge in [-0.15, -0.1) is 0 Å². The Morgan fingerprint density at radius 2 is 1.83 bits per heavy atom. The standard InChI is InChI=1S/C14H11Br2ClO/c1-9-6-11(16)3-5-13(9)18-14-4-2-10(8-15)7-12(14)17/h2-7H,8H2,1H3. The lowest BCUT2D eigenvalue weighted by molar-refractivity contribution is 0.479. The zero-order valence-electron chi connectivity index (χ0n) is 9.71. The van der Waals surface area contributed by atoms with E-state index in [1.165, 1.54) is 0 Å². The molecule has 2 rings (SSSR count). The summed E-state index contributed by atoms with van der Waals surface area (Å²) in [5.41, 5.74) is 2.19. The Labute approximate surface area is 128 Å². The van der Waals surface area contributed by atoms with Crippen molar-refractivity contribution < 1.29 is 4.74 Å². The van der Waals surface area contributed by atoms with Crippen LogP contribution in [0.25, 0.3) is 0 Å². The van der Waals surface area contributed by atoms with Gasteiger partial charge < -0.3 is 4.74 Å². The Morgan fingerprint density at radius 3 is 2.44 bits per heavy atom. The summed E-state index contributed by atoms with van der Waals surface area (Å²) < 4.78 is 6.86. The smallest absolute Gasteiger partial charge is 0.146 e. The van der Waals surface area contributed by atoms with Crippen LogP contribution >= 0.6 is 43.5 Å². The zero-order valence-corrected chi connectivity index (χ0v) is 13.6. The van der Waals surface area contributed by atoms with Crippen molar-refractivity contribution in [3.8, 4) is 11.5 Å². The van der Waals surface area contributed by atoms with Gasteiger partial charge in [-0.3, -0.25) is 0 Å². The predicted molar refractivity (Wildman–Crippen MR) is 83.0 cm³/mol. The van der Waals surface area contributed by atoms with E-state index in [1.54, 1.807) is 0 Å². The van der Waals surface area contributed by atoms with Crippen molar-refractivity contribution in [3.05, 3.63) is 57.0 Å². The van der Waals surface area contributed by atoms with E-state index < -0.39 is 0 Å². The maximum Gasteiger partial charge on any atom is 0.146 e. The van der Waals surface area contributed by atoms with E-state index in [9.17, 15) is 0 Å². The number of rotatable bonds is 3. The number of hydrogen-bond acceptors (Lipinski definition) is 1. The molecule has 0 saturated carbocycles. The van der Waals surface area contributed by atoms with Gasteiger partial charge in [0.15, 0.2) is 0 Å². The minimum atomic E-state index is 0.620. The first-order valence-electron chi connectivity index (χ1n) is 5.38. The molecule has 94 valence electrons. The molecule has 2 aromatic carbocycles. The number of hydrogen-bond donors (Lipinski definition) is 0. The van der Waals surface area contributed by atoms with Crippen LogP contribution in [0.1, 0.15) is 11.1 Å². The number of benzene rings is 2. The van der Waals surface area contributed by atoms with E-state index in [1.807, 2.05) is 43.3 Å². The quantitative estimate of drug-likeness (QED) is 0.576. The van der Waals surface area contributed by atoms with Crippen molar-refractivity contribution in [1.82, 2.24) is 0 Å². The largest absolute Gasteiger partial charge is 0.456 e. The third kappa shape index (κ3) is 3.28. The molecule has 1 nitrogen and oxygen atoms in total. The Hall–Kier alpha value is -0.510. The molecule has 0 amide bonds. The van der Waals surface area contributed by atoms with Crippen molar-refractivity contribution in [1.29, 1.82) is 0 Å². The Balaban J connectivity index is 2.28. The van der Waals surface area contributed by atoms with Crippen LogP contribution in [0.2, 0.25) is 5.02 Å². The van der Waals surface area contributed by atoms with Crippen molar-refractivity contribution in [3.63, 3.8) is 0 Å². The molecule has 0 saturated heterocycles. The van der Waals surface area contributed by atoms with Gasteiger partial charge in [0.05, 0.1) is 5.02 Å². The molecule has 0 spiro atoms. The minimum absolute atomic E-state index is 0.620. The predicted octanol–water partition coefficient (Wildman–Crippen LogP) is 6.10.